The number of hydrogen-bond donors (Lipinski definition) is 1. The van der Waals surface area contributed by atoms with Crippen LogP contribution >= 0.6 is 11.6 Å². The van der Waals surface area contributed by atoms with Gasteiger partial charge in [-0.25, -0.2) is 31.0 Å². The summed E-state index contributed by atoms with van der Waals surface area (Å²) in [6.07, 6.45) is 0.189. The molecular weight excluding hydrogens is 433 g/mol. The highest BCUT2D eigenvalue weighted by Gasteiger charge is 2.27. The first-order chi connectivity index (χ1) is 13.6. The van der Waals surface area contributed by atoms with Gasteiger partial charge in [0.25, 0.3) is 15.9 Å². The van der Waals surface area contributed by atoms with Gasteiger partial charge in [0.05, 0.1) is 16.4 Å². The van der Waals surface area contributed by atoms with E-state index >= 15 is 0 Å². The van der Waals surface area contributed by atoms with Crippen LogP contribution in [-0.4, -0.2) is 29.3 Å². The van der Waals surface area contributed by atoms with Gasteiger partial charge >= 0.3 is 0 Å². The number of halogens is 4. The number of nitrogens with zero attached hydrogens (tertiary/aromatic N) is 3. The first-order valence-corrected chi connectivity index (χ1v) is 9.92. The fraction of sp³-hybridized carbons (Fsp3) is 0.118. The molecule has 0 atom stereocenters. The minimum absolute atomic E-state index is 0.00226. The normalized spacial score (nSPS) is 11.5. The average molecular weight is 445 g/mol. The number of carbonyl (C=O) groups is 1. The van der Waals surface area contributed by atoms with Crippen LogP contribution in [0.5, 0.6) is 0 Å². The Balaban J connectivity index is 1.97. The van der Waals surface area contributed by atoms with E-state index in [9.17, 15) is 26.4 Å². The number of aromatic nitrogens is 3. The molecule has 0 aliphatic rings. The van der Waals surface area contributed by atoms with Crippen molar-refractivity contribution in [3.8, 4) is 5.69 Å². The van der Waals surface area contributed by atoms with Crippen LogP contribution in [0.1, 0.15) is 23.1 Å². The SMILES string of the molecule is CCc1c(C(=O)NS(=O)(=O)c2ccc(F)cc2F)nnn1-c1ccc(F)cc1Cl. The van der Waals surface area contributed by atoms with Crippen LogP contribution in [0.15, 0.2) is 41.3 Å². The van der Waals surface area contributed by atoms with Crippen LogP contribution in [-0.2, 0) is 16.4 Å². The standard InChI is InChI=1S/C17H12ClF3N4O3S/c1-2-13-16(22-24-25(13)14-5-3-9(19)7-11(14)18)17(26)23-29(27,28)15-6-4-10(20)8-12(15)21/h3-8H,2H2,1H3,(H,23,26). The summed E-state index contributed by atoms with van der Waals surface area (Å²) in [7, 11) is -4.64. The molecule has 3 aromatic rings. The van der Waals surface area contributed by atoms with Gasteiger partial charge in [0.2, 0.25) is 0 Å². The molecule has 1 amide bonds. The number of benzene rings is 2. The zero-order chi connectivity index (χ0) is 21.3. The van der Waals surface area contributed by atoms with Crippen molar-refractivity contribution in [1.82, 2.24) is 19.7 Å². The maximum absolute atomic E-state index is 13.8. The maximum Gasteiger partial charge on any atom is 0.287 e. The highest BCUT2D eigenvalue weighted by molar-refractivity contribution is 7.90. The number of rotatable bonds is 5. The number of hydrogen-bond acceptors (Lipinski definition) is 5. The molecule has 1 N–H and O–H groups in total. The van der Waals surface area contributed by atoms with Crippen molar-refractivity contribution in [2.75, 3.05) is 0 Å². The second kappa shape index (κ2) is 7.84. The highest BCUT2D eigenvalue weighted by Crippen LogP contribution is 2.23. The monoisotopic (exact) mass is 444 g/mol. The van der Waals surface area contributed by atoms with Gasteiger partial charge < -0.3 is 0 Å². The topological polar surface area (TPSA) is 93.9 Å². The molecule has 1 heterocycles. The molecule has 0 aliphatic heterocycles. The molecule has 0 fully saturated rings. The summed E-state index contributed by atoms with van der Waals surface area (Å²) < 4.78 is 67.5. The molecule has 0 saturated heterocycles. The van der Waals surface area contributed by atoms with Gasteiger partial charge in [0.15, 0.2) is 5.69 Å². The lowest BCUT2D eigenvalue weighted by molar-refractivity contribution is 0.0975. The number of carbonyl (C=O) groups excluding carboxylic acids is 1. The van der Waals surface area contributed by atoms with E-state index < -0.39 is 38.3 Å². The maximum atomic E-state index is 13.8. The van der Waals surface area contributed by atoms with Crippen LogP contribution in [0.25, 0.3) is 5.69 Å². The van der Waals surface area contributed by atoms with E-state index in [0.29, 0.717) is 12.1 Å². The molecule has 0 saturated carbocycles. The van der Waals surface area contributed by atoms with E-state index in [2.05, 4.69) is 10.3 Å². The summed E-state index contributed by atoms with van der Waals surface area (Å²) in [6, 6.07) is 5.30. The van der Waals surface area contributed by atoms with Gasteiger partial charge in [-0.05, 0) is 36.8 Å². The molecule has 12 heteroatoms. The predicted molar refractivity (Wildman–Crippen MR) is 96.7 cm³/mol. The highest BCUT2D eigenvalue weighted by atomic mass is 35.5. The lowest BCUT2D eigenvalue weighted by Crippen LogP contribution is -2.32. The smallest absolute Gasteiger partial charge is 0.266 e. The Morgan fingerprint density at radius 1 is 1.14 bits per heavy atom. The predicted octanol–water partition coefficient (Wildman–Crippen LogP) is 3.02. The third-order valence-electron chi connectivity index (χ3n) is 3.86. The molecule has 3 rings (SSSR count). The van der Waals surface area contributed by atoms with Crippen LogP contribution in [0.3, 0.4) is 0 Å². The van der Waals surface area contributed by atoms with Crippen LogP contribution in [0, 0.1) is 17.5 Å². The van der Waals surface area contributed by atoms with Crippen molar-refractivity contribution in [2.45, 2.75) is 18.2 Å². The zero-order valence-electron chi connectivity index (χ0n) is 14.7. The van der Waals surface area contributed by atoms with E-state index in [1.807, 2.05) is 0 Å². The quantitative estimate of drug-likeness (QED) is 0.653. The Labute approximate surface area is 168 Å². The van der Waals surface area contributed by atoms with Crippen molar-refractivity contribution in [3.05, 3.63) is 70.3 Å². The molecule has 0 radical (unpaired) electrons. The summed E-state index contributed by atoms with van der Waals surface area (Å²) >= 11 is 6.00. The summed E-state index contributed by atoms with van der Waals surface area (Å²) in [5, 5.41) is 7.45. The van der Waals surface area contributed by atoms with Gasteiger partial charge in [-0.3, -0.25) is 4.79 Å². The summed E-state index contributed by atoms with van der Waals surface area (Å²) in [6.45, 7) is 1.65. The Bertz CT molecular complexity index is 1210. The Kier molecular flexibility index (Phi) is 5.62. The van der Waals surface area contributed by atoms with Crippen molar-refractivity contribution in [1.29, 1.82) is 0 Å². The molecule has 0 unspecified atom stereocenters. The molecule has 0 spiro atoms. The summed E-state index contributed by atoms with van der Waals surface area (Å²) in [5.41, 5.74) is 0.0636. The van der Waals surface area contributed by atoms with E-state index in [0.717, 1.165) is 18.2 Å². The molecule has 7 nitrogen and oxygen atoms in total. The van der Waals surface area contributed by atoms with Crippen LogP contribution in [0.4, 0.5) is 13.2 Å². The summed E-state index contributed by atoms with van der Waals surface area (Å²) in [4.78, 5) is 11.6. The first-order valence-electron chi connectivity index (χ1n) is 8.06. The van der Waals surface area contributed by atoms with E-state index in [1.165, 1.54) is 10.7 Å². The molecule has 0 bridgehead atoms. The molecular formula is C17H12ClF3N4O3S. The zero-order valence-corrected chi connectivity index (χ0v) is 16.2. The second-order valence-corrected chi connectivity index (χ2v) is 7.81. The van der Waals surface area contributed by atoms with E-state index in [1.54, 1.807) is 11.6 Å². The third-order valence-corrected chi connectivity index (χ3v) is 5.53. The largest absolute Gasteiger partial charge is 0.287 e. The van der Waals surface area contributed by atoms with Crippen molar-refractivity contribution in [2.24, 2.45) is 0 Å². The molecule has 29 heavy (non-hydrogen) atoms. The Hall–Kier alpha value is -2.92. The second-order valence-electron chi connectivity index (χ2n) is 5.76. The minimum Gasteiger partial charge on any atom is -0.266 e. The van der Waals surface area contributed by atoms with E-state index in [-0.39, 0.29) is 28.5 Å². The van der Waals surface area contributed by atoms with Gasteiger partial charge in [-0.2, -0.15) is 0 Å². The van der Waals surface area contributed by atoms with Gasteiger partial charge in [0.1, 0.15) is 22.3 Å². The minimum atomic E-state index is -4.64. The van der Waals surface area contributed by atoms with Crippen molar-refractivity contribution in [3.63, 3.8) is 0 Å². The van der Waals surface area contributed by atoms with Gasteiger partial charge in [0, 0.05) is 6.07 Å². The number of sulfonamides is 1. The Morgan fingerprint density at radius 3 is 2.41 bits per heavy atom. The van der Waals surface area contributed by atoms with Crippen LogP contribution in [0.2, 0.25) is 5.02 Å². The Morgan fingerprint density at radius 2 is 1.79 bits per heavy atom. The average Bonchev–Trinajstić information content (AvgIpc) is 3.04. The number of amides is 1. The van der Waals surface area contributed by atoms with Crippen molar-refractivity contribution >= 4 is 27.5 Å². The third kappa shape index (κ3) is 4.10. The van der Waals surface area contributed by atoms with Crippen molar-refractivity contribution < 1.29 is 26.4 Å². The van der Waals surface area contributed by atoms with Crippen LogP contribution < -0.4 is 4.72 Å². The lowest BCUT2D eigenvalue weighted by atomic mass is 10.2. The first kappa shape index (κ1) is 20.8. The van der Waals surface area contributed by atoms with Gasteiger partial charge in [-0.1, -0.05) is 23.7 Å². The molecule has 1 aromatic heterocycles. The molecule has 152 valence electrons. The molecule has 2 aromatic carbocycles. The molecule has 0 aliphatic carbocycles. The van der Waals surface area contributed by atoms with Gasteiger partial charge in [-0.15, -0.1) is 5.10 Å². The fourth-order valence-electron chi connectivity index (χ4n) is 2.56. The fourth-order valence-corrected chi connectivity index (χ4v) is 3.82. The summed E-state index contributed by atoms with van der Waals surface area (Å²) in [5.74, 6) is -4.08. The van der Waals surface area contributed by atoms with E-state index in [4.69, 9.17) is 11.6 Å². The number of nitrogens with one attached hydrogen (secondary N) is 1. The lowest BCUT2D eigenvalue weighted by Gasteiger charge is -2.09.